The lowest BCUT2D eigenvalue weighted by molar-refractivity contribution is 0.858. The molecule has 2 heteroatoms. The van der Waals surface area contributed by atoms with Gasteiger partial charge in [0.15, 0.2) is 0 Å². The van der Waals surface area contributed by atoms with E-state index in [4.69, 9.17) is 4.98 Å². The first kappa shape index (κ1) is 18.8. The fourth-order valence-electron chi connectivity index (χ4n) is 3.59. The second kappa shape index (κ2) is 7.81. The summed E-state index contributed by atoms with van der Waals surface area (Å²) < 4.78 is 2.06. The lowest BCUT2D eigenvalue weighted by Gasteiger charge is -2.09. The molecule has 4 aromatic rings. The van der Waals surface area contributed by atoms with Crippen molar-refractivity contribution in [2.24, 2.45) is 7.05 Å². The van der Waals surface area contributed by atoms with Crippen molar-refractivity contribution in [3.63, 3.8) is 0 Å². The first-order valence-corrected chi connectivity index (χ1v) is 9.79. The van der Waals surface area contributed by atoms with E-state index in [-0.39, 0.29) is 0 Å². The molecule has 0 N–H and O–H groups in total. The molecular formula is C27H24N2. The molecule has 2 nitrogen and oxygen atoms in total. The summed E-state index contributed by atoms with van der Waals surface area (Å²) in [4.78, 5) is 4.70. The van der Waals surface area contributed by atoms with E-state index in [0.717, 1.165) is 22.6 Å². The molecule has 0 fully saturated rings. The molecule has 0 saturated carbocycles. The van der Waals surface area contributed by atoms with Crippen LogP contribution in [-0.4, -0.2) is 9.55 Å². The van der Waals surface area contributed by atoms with Crippen LogP contribution in [-0.2, 0) is 7.05 Å². The highest BCUT2D eigenvalue weighted by Crippen LogP contribution is 2.31. The Morgan fingerprint density at radius 2 is 1.38 bits per heavy atom. The van der Waals surface area contributed by atoms with Crippen LogP contribution in [0.5, 0.6) is 0 Å². The highest BCUT2D eigenvalue weighted by atomic mass is 15.0. The van der Waals surface area contributed by atoms with Crippen molar-refractivity contribution in [2.45, 2.75) is 20.8 Å². The quantitative estimate of drug-likeness (QED) is 0.378. The van der Waals surface area contributed by atoms with Crippen LogP contribution in [0.3, 0.4) is 0 Å². The van der Waals surface area contributed by atoms with Crippen molar-refractivity contribution in [1.82, 2.24) is 9.55 Å². The molecule has 0 aliphatic rings. The van der Waals surface area contributed by atoms with Gasteiger partial charge in [-0.15, -0.1) is 5.92 Å². The van der Waals surface area contributed by atoms with Gasteiger partial charge in [0.05, 0.1) is 5.69 Å². The smallest absolute Gasteiger partial charge is 0.105 e. The molecule has 0 saturated heterocycles. The molecule has 1 aromatic heterocycles. The van der Waals surface area contributed by atoms with Crippen molar-refractivity contribution < 1.29 is 0 Å². The summed E-state index contributed by atoms with van der Waals surface area (Å²) in [6, 6.07) is 23.7. The van der Waals surface area contributed by atoms with Crippen LogP contribution in [0.1, 0.15) is 23.9 Å². The lowest BCUT2D eigenvalue weighted by atomic mass is 9.95. The summed E-state index contributed by atoms with van der Waals surface area (Å²) in [5, 5.41) is 0. The molecule has 0 radical (unpaired) electrons. The zero-order chi connectivity index (χ0) is 20.4. The maximum Gasteiger partial charge on any atom is 0.105 e. The summed E-state index contributed by atoms with van der Waals surface area (Å²) in [6.45, 7) is 6.03. The molecule has 0 unspecified atom stereocenters. The number of imidazole rings is 1. The summed E-state index contributed by atoms with van der Waals surface area (Å²) in [5.74, 6) is 7.13. The molecule has 4 rings (SSSR count). The van der Waals surface area contributed by atoms with Gasteiger partial charge in [-0.05, 0) is 78.9 Å². The van der Waals surface area contributed by atoms with E-state index in [1.165, 1.54) is 27.8 Å². The average molecular weight is 377 g/mol. The predicted octanol–water partition coefficient (Wildman–Crippen LogP) is 6.41. The molecular weight excluding hydrogens is 352 g/mol. The van der Waals surface area contributed by atoms with Gasteiger partial charge in [0, 0.05) is 24.4 Å². The molecule has 1 heterocycles. The number of rotatable bonds is 3. The van der Waals surface area contributed by atoms with Crippen molar-refractivity contribution >= 4 is 0 Å². The SMILES string of the molecule is CC#Cc1cccc(-c2cccc(-c3cc(C)cc(-c4cn(C)c(C)n4)c3)c2)c1. The van der Waals surface area contributed by atoms with Gasteiger partial charge in [-0.1, -0.05) is 42.3 Å². The first-order valence-electron chi connectivity index (χ1n) is 9.79. The minimum atomic E-state index is 1.01. The summed E-state index contributed by atoms with van der Waals surface area (Å²) in [7, 11) is 2.03. The van der Waals surface area contributed by atoms with Crippen LogP contribution in [0.4, 0.5) is 0 Å². The van der Waals surface area contributed by atoms with Crippen molar-refractivity contribution in [1.29, 1.82) is 0 Å². The number of aromatic nitrogens is 2. The third kappa shape index (κ3) is 4.00. The number of hydrogen-bond donors (Lipinski definition) is 0. The molecule has 0 bridgehead atoms. The molecule has 0 amide bonds. The molecule has 0 spiro atoms. The molecule has 29 heavy (non-hydrogen) atoms. The van der Waals surface area contributed by atoms with Gasteiger partial charge in [-0.25, -0.2) is 4.98 Å². The Kier molecular flexibility index (Phi) is 5.06. The van der Waals surface area contributed by atoms with Gasteiger partial charge in [0.1, 0.15) is 5.82 Å². The van der Waals surface area contributed by atoms with Crippen LogP contribution in [0.25, 0.3) is 33.5 Å². The maximum absolute atomic E-state index is 4.70. The standard InChI is InChI=1S/C27H24N2/c1-5-8-21-9-6-10-22(15-21)23-11-7-12-24(16-23)25-13-19(2)14-26(17-25)27-18-29(4)20(3)28-27/h6-7,9-18H,1-4H3. The zero-order valence-corrected chi connectivity index (χ0v) is 17.3. The van der Waals surface area contributed by atoms with Crippen molar-refractivity contribution in [2.75, 3.05) is 0 Å². The van der Waals surface area contributed by atoms with Gasteiger partial charge in [0.2, 0.25) is 0 Å². The third-order valence-electron chi connectivity index (χ3n) is 5.14. The minimum Gasteiger partial charge on any atom is -0.338 e. The van der Waals surface area contributed by atoms with Gasteiger partial charge < -0.3 is 4.57 Å². The van der Waals surface area contributed by atoms with Crippen LogP contribution in [0, 0.1) is 25.7 Å². The second-order valence-electron chi connectivity index (χ2n) is 7.41. The Balaban J connectivity index is 1.77. The number of benzene rings is 3. The summed E-state index contributed by atoms with van der Waals surface area (Å²) in [5.41, 5.74) is 9.21. The monoisotopic (exact) mass is 376 g/mol. The number of nitrogens with zero attached hydrogens (tertiary/aromatic N) is 2. The highest BCUT2D eigenvalue weighted by molar-refractivity contribution is 5.77. The normalized spacial score (nSPS) is 10.5. The predicted molar refractivity (Wildman–Crippen MR) is 122 cm³/mol. The van der Waals surface area contributed by atoms with E-state index in [9.17, 15) is 0 Å². The highest BCUT2D eigenvalue weighted by Gasteiger charge is 2.09. The van der Waals surface area contributed by atoms with Gasteiger partial charge in [0.25, 0.3) is 0 Å². The number of aryl methyl sites for hydroxylation is 3. The Hall–Kier alpha value is -3.57. The lowest BCUT2D eigenvalue weighted by Crippen LogP contribution is -1.86. The zero-order valence-electron chi connectivity index (χ0n) is 17.3. The minimum absolute atomic E-state index is 1.01. The maximum atomic E-state index is 4.70. The third-order valence-corrected chi connectivity index (χ3v) is 5.14. The average Bonchev–Trinajstić information content (AvgIpc) is 3.07. The van der Waals surface area contributed by atoms with Gasteiger partial charge in [-0.3, -0.25) is 0 Å². The molecule has 0 atom stereocenters. The van der Waals surface area contributed by atoms with E-state index < -0.39 is 0 Å². The topological polar surface area (TPSA) is 17.8 Å². The van der Waals surface area contributed by atoms with Crippen LogP contribution in [0.15, 0.2) is 72.9 Å². The van der Waals surface area contributed by atoms with Gasteiger partial charge in [-0.2, -0.15) is 0 Å². The van der Waals surface area contributed by atoms with Crippen molar-refractivity contribution in [3.05, 3.63) is 89.9 Å². The van der Waals surface area contributed by atoms with Crippen LogP contribution < -0.4 is 0 Å². The summed E-state index contributed by atoms with van der Waals surface area (Å²) >= 11 is 0. The van der Waals surface area contributed by atoms with E-state index in [1.54, 1.807) is 0 Å². The Morgan fingerprint density at radius 3 is 2.07 bits per heavy atom. The van der Waals surface area contributed by atoms with Crippen LogP contribution >= 0.6 is 0 Å². The first-order chi connectivity index (χ1) is 14.0. The van der Waals surface area contributed by atoms with E-state index >= 15 is 0 Å². The summed E-state index contributed by atoms with van der Waals surface area (Å²) in [6.07, 6.45) is 2.09. The molecule has 3 aromatic carbocycles. The van der Waals surface area contributed by atoms with Gasteiger partial charge >= 0.3 is 0 Å². The molecule has 0 aliphatic heterocycles. The Bertz CT molecular complexity index is 1230. The molecule has 0 aliphatic carbocycles. The fourth-order valence-corrected chi connectivity index (χ4v) is 3.59. The molecule has 142 valence electrons. The van der Waals surface area contributed by atoms with E-state index in [0.29, 0.717) is 0 Å². The number of hydrogen-bond acceptors (Lipinski definition) is 1. The van der Waals surface area contributed by atoms with E-state index in [2.05, 4.69) is 90.2 Å². The Labute approximate surface area is 172 Å². The fraction of sp³-hybridized carbons (Fsp3) is 0.148. The Morgan fingerprint density at radius 1 is 0.759 bits per heavy atom. The van der Waals surface area contributed by atoms with Crippen molar-refractivity contribution in [3.8, 4) is 45.4 Å². The van der Waals surface area contributed by atoms with E-state index in [1.807, 2.05) is 27.0 Å². The largest absolute Gasteiger partial charge is 0.338 e. The van der Waals surface area contributed by atoms with Crippen LogP contribution in [0.2, 0.25) is 0 Å². The second-order valence-corrected chi connectivity index (χ2v) is 7.41.